The molecule has 108 valence electrons. The summed E-state index contributed by atoms with van der Waals surface area (Å²) in [5, 5.41) is 4.22. The second-order valence-corrected chi connectivity index (χ2v) is 5.52. The van der Waals surface area contributed by atoms with Gasteiger partial charge in [0.25, 0.3) is 0 Å². The molecule has 0 amide bonds. The van der Waals surface area contributed by atoms with E-state index < -0.39 is 0 Å². The molecule has 0 saturated carbocycles. The Morgan fingerprint density at radius 3 is 2.70 bits per heavy atom. The van der Waals surface area contributed by atoms with Crippen LogP contribution in [0.1, 0.15) is 30.8 Å². The molecule has 2 N–H and O–H groups in total. The highest BCUT2D eigenvalue weighted by Crippen LogP contribution is 2.25. The van der Waals surface area contributed by atoms with Crippen LogP contribution in [0.25, 0.3) is 0 Å². The van der Waals surface area contributed by atoms with Crippen LogP contribution in [0, 0.1) is 19.8 Å². The Labute approximate surface area is 119 Å². The van der Waals surface area contributed by atoms with Crippen molar-refractivity contribution in [3.8, 4) is 5.75 Å². The third kappa shape index (κ3) is 3.29. The van der Waals surface area contributed by atoms with Crippen LogP contribution in [0.4, 0.5) is 5.69 Å². The first kappa shape index (κ1) is 14.4. The topological polar surface area (TPSA) is 66.0 Å². The van der Waals surface area contributed by atoms with Crippen LogP contribution in [-0.4, -0.2) is 14.8 Å². The van der Waals surface area contributed by atoms with E-state index in [2.05, 4.69) is 23.9 Å². The van der Waals surface area contributed by atoms with E-state index in [0.29, 0.717) is 12.5 Å². The number of hydrogen-bond donors (Lipinski definition) is 1. The standard InChI is InChI=1S/C15H22N4O/c1-10(2)7-19-15(17-9-18-19)8-20-14-6-13(16)11(3)5-12(14)4/h5-6,9-10H,7-8,16H2,1-4H3. The van der Waals surface area contributed by atoms with Crippen molar-refractivity contribution < 1.29 is 4.74 Å². The van der Waals surface area contributed by atoms with Gasteiger partial charge in [-0.3, -0.25) is 0 Å². The Balaban J connectivity index is 2.09. The highest BCUT2D eigenvalue weighted by molar-refractivity contribution is 5.54. The van der Waals surface area contributed by atoms with Crippen LogP contribution in [0.2, 0.25) is 0 Å². The lowest BCUT2D eigenvalue weighted by atomic mass is 10.1. The molecular weight excluding hydrogens is 252 g/mol. The molecule has 5 heteroatoms. The lowest BCUT2D eigenvalue weighted by molar-refractivity contribution is 0.281. The molecule has 0 aliphatic rings. The zero-order valence-electron chi connectivity index (χ0n) is 12.6. The molecule has 1 aromatic heterocycles. The fourth-order valence-corrected chi connectivity index (χ4v) is 2.04. The van der Waals surface area contributed by atoms with Gasteiger partial charge in [-0.2, -0.15) is 5.10 Å². The number of ether oxygens (including phenoxy) is 1. The highest BCUT2D eigenvalue weighted by Gasteiger charge is 2.09. The maximum absolute atomic E-state index is 5.92. The van der Waals surface area contributed by atoms with E-state index >= 15 is 0 Å². The van der Waals surface area contributed by atoms with Crippen molar-refractivity contribution in [1.29, 1.82) is 0 Å². The van der Waals surface area contributed by atoms with Crippen LogP contribution in [0.5, 0.6) is 5.75 Å². The van der Waals surface area contributed by atoms with Gasteiger partial charge in [0, 0.05) is 18.3 Å². The Morgan fingerprint density at radius 2 is 2.00 bits per heavy atom. The molecule has 2 rings (SSSR count). The summed E-state index contributed by atoms with van der Waals surface area (Å²) in [5.74, 6) is 2.15. The van der Waals surface area contributed by atoms with E-state index in [1.807, 2.05) is 30.7 Å². The van der Waals surface area contributed by atoms with Gasteiger partial charge in [-0.1, -0.05) is 19.9 Å². The van der Waals surface area contributed by atoms with Crippen molar-refractivity contribution in [2.75, 3.05) is 5.73 Å². The molecule has 0 bridgehead atoms. The molecule has 0 unspecified atom stereocenters. The minimum Gasteiger partial charge on any atom is -0.485 e. The molecule has 1 heterocycles. The van der Waals surface area contributed by atoms with E-state index in [9.17, 15) is 0 Å². The minimum atomic E-state index is 0.399. The van der Waals surface area contributed by atoms with Gasteiger partial charge in [0.2, 0.25) is 0 Å². The van der Waals surface area contributed by atoms with Crippen molar-refractivity contribution >= 4 is 5.69 Å². The predicted molar refractivity (Wildman–Crippen MR) is 79.5 cm³/mol. The minimum absolute atomic E-state index is 0.399. The first-order chi connectivity index (χ1) is 9.47. The smallest absolute Gasteiger partial charge is 0.164 e. The van der Waals surface area contributed by atoms with Crippen LogP contribution in [0.15, 0.2) is 18.5 Å². The lowest BCUT2D eigenvalue weighted by Gasteiger charge is -2.12. The summed E-state index contributed by atoms with van der Waals surface area (Å²) < 4.78 is 7.72. The number of aryl methyl sites for hydroxylation is 2. The number of nitrogens with two attached hydrogens (primary N) is 1. The molecule has 0 fully saturated rings. The van der Waals surface area contributed by atoms with Crippen molar-refractivity contribution in [3.63, 3.8) is 0 Å². The van der Waals surface area contributed by atoms with Crippen molar-refractivity contribution in [3.05, 3.63) is 35.4 Å². The predicted octanol–water partition coefficient (Wildman–Crippen LogP) is 2.71. The van der Waals surface area contributed by atoms with Gasteiger partial charge >= 0.3 is 0 Å². The molecule has 1 aromatic carbocycles. The zero-order valence-corrected chi connectivity index (χ0v) is 12.6. The van der Waals surface area contributed by atoms with Gasteiger partial charge in [-0.05, 0) is 30.9 Å². The Hall–Kier alpha value is -2.04. The summed E-state index contributed by atoms with van der Waals surface area (Å²) in [6.07, 6.45) is 1.57. The lowest BCUT2D eigenvalue weighted by Crippen LogP contribution is -2.12. The van der Waals surface area contributed by atoms with Crippen molar-refractivity contribution in [2.24, 2.45) is 5.92 Å². The van der Waals surface area contributed by atoms with Crippen LogP contribution in [-0.2, 0) is 13.2 Å². The van der Waals surface area contributed by atoms with E-state index in [1.54, 1.807) is 6.33 Å². The second kappa shape index (κ2) is 5.94. The zero-order chi connectivity index (χ0) is 14.7. The molecule has 0 radical (unpaired) electrons. The van der Waals surface area contributed by atoms with E-state index in [0.717, 1.165) is 34.9 Å². The number of benzene rings is 1. The molecule has 0 spiro atoms. The van der Waals surface area contributed by atoms with Gasteiger partial charge in [0.05, 0.1) is 0 Å². The second-order valence-electron chi connectivity index (χ2n) is 5.52. The Bertz CT molecular complexity index is 590. The van der Waals surface area contributed by atoms with Gasteiger partial charge in [0.15, 0.2) is 5.82 Å². The van der Waals surface area contributed by atoms with Crippen molar-refractivity contribution in [2.45, 2.75) is 40.8 Å². The summed E-state index contributed by atoms with van der Waals surface area (Å²) in [6, 6.07) is 3.90. The third-order valence-corrected chi connectivity index (χ3v) is 3.15. The summed E-state index contributed by atoms with van der Waals surface area (Å²) in [5.41, 5.74) is 8.81. The largest absolute Gasteiger partial charge is 0.485 e. The van der Waals surface area contributed by atoms with E-state index in [4.69, 9.17) is 10.5 Å². The molecule has 20 heavy (non-hydrogen) atoms. The summed E-state index contributed by atoms with van der Waals surface area (Å²) in [4.78, 5) is 4.25. The number of nitrogens with zero attached hydrogens (tertiary/aromatic N) is 3. The van der Waals surface area contributed by atoms with Crippen LogP contribution < -0.4 is 10.5 Å². The number of anilines is 1. The van der Waals surface area contributed by atoms with Gasteiger partial charge in [0.1, 0.15) is 18.7 Å². The van der Waals surface area contributed by atoms with Crippen molar-refractivity contribution in [1.82, 2.24) is 14.8 Å². The average Bonchev–Trinajstić information content (AvgIpc) is 2.79. The molecule has 2 aromatic rings. The fraction of sp³-hybridized carbons (Fsp3) is 0.467. The molecule has 0 saturated heterocycles. The normalized spacial score (nSPS) is 11.1. The molecule has 0 atom stereocenters. The first-order valence-electron chi connectivity index (χ1n) is 6.83. The monoisotopic (exact) mass is 274 g/mol. The first-order valence-corrected chi connectivity index (χ1v) is 6.83. The number of nitrogen functional groups attached to an aromatic ring is 1. The number of rotatable bonds is 5. The Morgan fingerprint density at radius 1 is 1.25 bits per heavy atom. The third-order valence-electron chi connectivity index (χ3n) is 3.15. The SMILES string of the molecule is Cc1cc(C)c(OCc2ncnn2CC(C)C)cc1N. The Kier molecular flexibility index (Phi) is 4.27. The van der Waals surface area contributed by atoms with E-state index in [1.165, 1.54) is 0 Å². The van der Waals surface area contributed by atoms with Gasteiger partial charge in [-0.15, -0.1) is 0 Å². The van der Waals surface area contributed by atoms with Crippen LogP contribution >= 0.6 is 0 Å². The number of hydrogen-bond acceptors (Lipinski definition) is 4. The molecule has 5 nitrogen and oxygen atoms in total. The summed E-state index contributed by atoms with van der Waals surface area (Å²) in [6.45, 7) is 9.55. The average molecular weight is 274 g/mol. The van der Waals surface area contributed by atoms with E-state index in [-0.39, 0.29) is 0 Å². The maximum atomic E-state index is 5.92. The molecular formula is C15H22N4O. The highest BCUT2D eigenvalue weighted by atomic mass is 16.5. The summed E-state index contributed by atoms with van der Waals surface area (Å²) >= 11 is 0. The maximum Gasteiger partial charge on any atom is 0.164 e. The fourth-order valence-electron chi connectivity index (χ4n) is 2.04. The number of aromatic nitrogens is 3. The van der Waals surface area contributed by atoms with Crippen LogP contribution in [0.3, 0.4) is 0 Å². The summed E-state index contributed by atoms with van der Waals surface area (Å²) in [7, 11) is 0. The van der Waals surface area contributed by atoms with Gasteiger partial charge in [-0.25, -0.2) is 9.67 Å². The molecule has 0 aliphatic heterocycles. The quantitative estimate of drug-likeness (QED) is 0.851. The molecule has 0 aliphatic carbocycles. The van der Waals surface area contributed by atoms with Gasteiger partial charge < -0.3 is 10.5 Å².